The first-order chi connectivity index (χ1) is 8.34. The Balaban J connectivity index is 2.07. The Morgan fingerprint density at radius 1 is 1.24 bits per heavy atom. The second kappa shape index (κ2) is 4.05. The van der Waals surface area contributed by atoms with E-state index in [2.05, 4.69) is 15.6 Å². The fraction of sp³-hybridized carbons (Fsp3) is 0.231. The Labute approximate surface area is 99.4 Å². The third-order valence-corrected chi connectivity index (χ3v) is 2.98. The summed E-state index contributed by atoms with van der Waals surface area (Å²) < 4.78 is 0. The van der Waals surface area contributed by atoms with Crippen molar-refractivity contribution in [3.63, 3.8) is 0 Å². The van der Waals surface area contributed by atoms with E-state index < -0.39 is 0 Å². The number of hydrogen-bond acceptors (Lipinski definition) is 3. The molecule has 1 amide bonds. The molecule has 4 nitrogen and oxygen atoms in total. The average molecular weight is 227 g/mol. The molecule has 0 radical (unpaired) electrons. The number of aliphatic imine (C=N–C) groups is 1. The van der Waals surface area contributed by atoms with Gasteiger partial charge in [-0.3, -0.25) is 9.79 Å². The lowest BCUT2D eigenvalue weighted by Gasteiger charge is -2.10. The van der Waals surface area contributed by atoms with E-state index >= 15 is 0 Å². The van der Waals surface area contributed by atoms with E-state index in [0.29, 0.717) is 5.57 Å². The van der Waals surface area contributed by atoms with Gasteiger partial charge in [0.1, 0.15) is 0 Å². The number of rotatable bonds is 0. The van der Waals surface area contributed by atoms with Crippen LogP contribution >= 0.6 is 0 Å². The number of hydrogen-bond donors (Lipinski definition) is 2. The number of carbonyl (C=O) groups is 1. The van der Waals surface area contributed by atoms with Crippen LogP contribution in [0.5, 0.6) is 0 Å². The van der Waals surface area contributed by atoms with E-state index in [4.69, 9.17) is 0 Å². The summed E-state index contributed by atoms with van der Waals surface area (Å²) in [6.45, 7) is 0.725. The van der Waals surface area contributed by atoms with Gasteiger partial charge in [-0.05, 0) is 25.0 Å². The van der Waals surface area contributed by atoms with Crippen LogP contribution in [0.3, 0.4) is 0 Å². The first-order valence-electron chi connectivity index (χ1n) is 5.76. The summed E-state index contributed by atoms with van der Waals surface area (Å²) in [4.78, 5) is 16.2. The number of para-hydroxylation sites is 2. The molecule has 4 heteroatoms. The van der Waals surface area contributed by atoms with Gasteiger partial charge in [-0.25, -0.2) is 0 Å². The van der Waals surface area contributed by atoms with E-state index in [9.17, 15) is 4.79 Å². The van der Waals surface area contributed by atoms with Crippen molar-refractivity contribution in [3.05, 3.63) is 35.5 Å². The molecule has 0 saturated carbocycles. The Hall–Kier alpha value is -2.10. The summed E-state index contributed by atoms with van der Waals surface area (Å²) in [6, 6.07) is 7.81. The van der Waals surface area contributed by atoms with Crippen LogP contribution in [-0.2, 0) is 4.79 Å². The summed E-state index contributed by atoms with van der Waals surface area (Å²) in [5, 5.41) is 6.20. The number of nitrogens with zero attached hydrogens (tertiary/aromatic N) is 1. The molecule has 1 aromatic carbocycles. The number of nitrogens with one attached hydrogen (secondary N) is 2. The normalized spacial score (nSPS) is 18.5. The van der Waals surface area contributed by atoms with Crippen LogP contribution in [0.4, 0.5) is 11.4 Å². The summed E-state index contributed by atoms with van der Waals surface area (Å²) >= 11 is 0. The molecule has 86 valence electrons. The molecule has 0 saturated heterocycles. The van der Waals surface area contributed by atoms with E-state index in [-0.39, 0.29) is 5.91 Å². The van der Waals surface area contributed by atoms with Crippen molar-refractivity contribution in [1.29, 1.82) is 0 Å². The zero-order valence-electron chi connectivity index (χ0n) is 9.36. The molecule has 2 N–H and O–H groups in total. The number of carbonyl (C=O) groups excluding carboxylic acids is 1. The van der Waals surface area contributed by atoms with Gasteiger partial charge < -0.3 is 10.6 Å². The lowest BCUT2D eigenvalue weighted by Crippen LogP contribution is -2.25. The minimum absolute atomic E-state index is 0.0402. The quantitative estimate of drug-likeness (QED) is 0.712. The van der Waals surface area contributed by atoms with Crippen molar-refractivity contribution in [2.45, 2.75) is 12.8 Å². The van der Waals surface area contributed by atoms with Crippen LogP contribution in [-0.4, -0.2) is 18.7 Å². The maximum absolute atomic E-state index is 11.9. The highest BCUT2D eigenvalue weighted by Crippen LogP contribution is 2.30. The van der Waals surface area contributed by atoms with Crippen molar-refractivity contribution in [3.8, 4) is 0 Å². The fourth-order valence-corrected chi connectivity index (χ4v) is 2.09. The highest BCUT2D eigenvalue weighted by molar-refractivity contribution is 6.14. The molecule has 1 aromatic rings. The molecule has 0 aromatic heterocycles. The smallest absolute Gasteiger partial charge is 0.254 e. The Kier molecular flexibility index (Phi) is 2.40. The molecular weight excluding hydrogens is 214 g/mol. The zero-order valence-corrected chi connectivity index (χ0v) is 9.36. The van der Waals surface area contributed by atoms with Crippen molar-refractivity contribution < 1.29 is 4.79 Å². The molecule has 0 spiro atoms. The predicted octanol–water partition coefficient (Wildman–Crippen LogP) is 1.98. The Morgan fingerprint density at radius 3 is 3.06 bits per heavy atom. The van der Waals surface area contributed by atoms with Gasteiger partial charge in [-0.15, -0.1) is 0 Å². The van der Waals surface area contributed by atoms with E-state index in [1.165, 1.54) is 0 Å². The third-order valence-electron chi connectivity index (χ3n) is 2.98. The monoisotopic (exact) mass is 227 g/mol. The minimum atomic E-state index is -0.0402. The molecular formula is C13H13N3O. The standard InChI is InChI=1S/C13H13N3O/c17-13-9-8-15-11-4-1-2-5-12(11)16-10(9)6-3-7-14-13/h1-2,4-5,8,16H,3,6-7H2,(H,14,17). The number of allylic oxidation sites excluding steroid dienone is 1. The maximum Gasteiger partial charge on any atom is 0.254 e. The van der Waals surface area contributed by atoms with Crippen LogP contribution in [0.15, 0.2) is 40.5 Å². The number of benzene rings is 1. The largest absolute Gasteiger partial charge is 0.356 e. The molecule has 0 unspecified atom stereocenters. The topological polar surface area (TPSA) is 53.5 Å². The zero-order chi connectivity index (χ0) is 11.7. The Morgan fingerprint density at radius 2 is 2.12 bits per heavy atom. The number of amides is 1. The van der Waals surface area contributed by atoms with Gasteiger partial charge in [-0.1, -0.05) is 12.1 Å². The molecule has 17 heavy (non-hydrogen) atoms. The molecule has 3 rings (SSSR count). The van der Waals surface area contributed by atoms with Gasteiger partial charge in [0.05, 0.1) is 16.9 Å². The van der Waals surface area contributed by atoms with E-state index in [1.807, 2.05) is 24.3 Å². The van der Waals surface area contributed by atoms with Crippen LogP contribution in [0.25, 0.3) is 0 Å². The van der Waals surface area contributed by atoms with Crippen LogP contribution in [0, 0.1) is 0 Å². The van der Waals surface area contributed by atoms with Crippen molar-refractivity contribution in [2.75, 3.05) is 11.9 Å². The molecule has 2 aliphatic rings. The summed E-state index contributed by atoms with van der Waals surface area (Å²) in [7, 11) is 0. The third kappa shape index (κ3) is 1.82. The first kappa shape index (κ1) is 10.1. The molecule has 2 aliphatic heterocycles. The summed E-state index contributed by atoms with van der Waals surface area (Å²) in [6.07, 6.45) is 3.48. The summed E-state index contributed by atoms with van der Waals surface area (Å²) in [5.41, 5.74) is 3.45. The van der Waals surface area contributed by atoms with Crippen molar-refractivity contribution in [1.82, 2.24) is 5.32 Å². The fourth-order valence-electron chi connectivity index (χ4n) is 2.09. The molecule has 0 fully saturated rings. The lowest BCUT2D eigenvalue weighted by atomic mass is 10.1. The van der Waals surface area contributed by atoms with Gasteiger partial charge >= 0.3 is 0 Å². The van der Waals surface area contributed by atoms with Crippen LogP contribution in [0.1, 0.15) is 12.8 Å². The highest BCUT2D eigenvalue weighted by atomic mass is 16.1. The van der Waals surface area contributed by atoms with Gasteiger partial charge in [0, 0.05) is 18.5 Å². The molecule has 0 aliphatic carbocycles. The van der Waals surface area contributed by atoms with Crippen LogP contribution in [0.2, 0.25) is 0 Å². The second-order valence-corrected chi connectivity index (χ2v) is 4.15. The van der Waals surface area contributed by atoms with Crippen LogP contribution < -0.4 is 10.6 Å². The van der Waals surface area contributed by atoms with Gasteiger partial charge in [0.25, 0.3) is 5.91 Å². The van der Waals surface area contributed by atoms with Crippen molar-refractivity contribution >= 4 is 23.5 Å². The molecule has 2 heterocycles. The second-order valence-electron chi connectivity index (χ2n) is 4.15. The molecule has 0 atom stereocenters. The SMILES string of the molecule is O=C1NCCCC2=C1C=Nc1ccccc1N2. The predicted molar refractivity (Wildman–Crippen MR) is 67.5 cm³/mol. The highest BCUT2D eigenvalue weighted by Gasteiger charge is 2.19. The maximum atomic E-state index is 11.9. The Bertz CT molecular complexity index is 531. The molecule has 0 bridgehead atoms. The van der Waals surface area contributed by atoms with Gasteiger partial charge in [-0.2, -0.15) is 0 Å². The number of anilines is 1. The summed E-state index contributed by atoms with van der Waals surface area (Å²) in [5.74, 6) is -0.0402. The lowest BCUT2D eigenvalue weighted by molar-refractivity contribution is -0.116. The van der Waals surface area contributed by atoms with E-state index in [0.717, 1.165) is 36.5 Å². The van der Waals surface area contributed by atoms with E-state index in [1.54, 1.807) is 6.21 Å². The van der Waals surface area contributed by atoms with Gasteiger partial charge in [0.2, 0.25) is 0 Å². The number of fused-ring (bicyclic) bond motifs is 1. The first-order valence-corrected chi connectivity index (χ1v) is 5.76. The van der Waals surface area contributed by atoms with Crippen molar-refractivity contribution in [2.24, 2.45) is 4.99 Å². The van der Waals surface area contributed by atoms with Gasteiger partial charge in [0.15, 0.2) is 0 Å². The average Bonchev–Trinajstić information content (AvgIpc) is 2.62. The minimum Gasteiger partial charge on any atom is -0.356 e.